The molecule has 0 fully saturated rings. The SMILES string of the molecule is CCCOc1ccc(-n2c(=S)[nH]c3cc(C)cnc32)cc1. The summed E-state index contributed by atoms with van der Waals surface area (Å²) in [6.45, 7) is 4.83. The molecule has 3 aromatic rings. The Morgan fingerprint density at radius 3 is 2.76 bits per heavy atom. The van der Waals surface area contributed by atoms with Crippen LogP contribution in [-0.2, 0) is 0 Å². The van der Waals surface area contributed by atoms with Gasteiger partial charge in [0, 0.05) is 6.20 Å². The highest BCUT2D eigenvalue weighted by Gasteiger charge is 2.08. The number of pyridine rings is 1. The Morgan fingerprint density at radius 2 is 2.05 bits per heavy atom. The van der Waals surface area contributed by atoms with Gasteiger partial charge < -0.3 is 9.72 Å². The maximum absolute atomic E-state index is 5.60. The van der Waals surface area contributed by atoms with Crippen molar-refractivity contribution in [3.8, 4) is 11.4 Å². The topological polar surface area (TPSA) is 42.8 Å². The molecule has 0 radical (unpaired) electrons. The minimum Gasteiger partial charge on any atom is -0.494 e. The number of nitrogens with zero attached hydrogens (tertiary/aromatic N) is 2. The monoisotopic (exact) mass is 299 g/mol. The van der Waals surface area contributed by atoms with Crippen molar-refractivity contribution in [3.05, 3.63) is 46.9 Å². The number of aryl methyl sites for hydroxylation is 1. The predicted molar refractivity (Wildman–Crippen MR) is 86.8 cm³/mol. The van der Waals surface area contributed by atoms with E-state index in [1.807, 2.05) is 48.0 Å². The van der Waals surface area contributed by atoms with Gasteiger partial charge >= 0.3 is 0 Å². The van der Waals surface area contributed by atoms with E-state index in [1.54, 1.807) is 0 Å². The normalized spacial score (nSPS) is 11.0. The van der Waals surface area contributed by atoms with Crippen LogP contribution in [0.3, 0.4) is 0 Å². The van der Waals surface area contributed by atoms with Gasteiger partial charge in [0.25, 0.3) is 0 Å². The van der Waals surface area contributed by atoms with Crippen molar-refractivity contribution < 1.29 is 4.74 Å². The van der Waals surface area contributed by atoms with Gasteiger partial charge in [0.05, 0.1) is 17.8 Å². The summed E-state index contributed by atoms with van der Waals surface area (Å²) in [6, 6.07) is 9.96. The third-order valence-corrected chi connectivity index (χ3v) is 3.51. The number of fused-ring (bicyclic) bond motifs is 1. The summed E-state index contributed by atoms with van der Waals surface area (Å²) in [5.41, 5.74) is 3.87. The van der Waals surface area contributed by atoms with Crippen LogP contribution in [0.2, 0.25) is 0 Å². The van der Waals surface area contributed by atoms with Crippen LogP contribution in [0.4, 0.5) is 0 Å². The van der Waals surface area contributed by atoms with E-state index in [-0.39, 0.29) is 0 Å². The number of ether oxygens (including phenoxy) is 1. The van der Waals surface area contributed by atoms with Crippen molar-refractivity contribution in [2.24, 2.45) is 0 Å². The molecule has 3 rings (SSSR count). The molecule has 0 aliphatic rings. The average Bonchev–Trinajstić information content (AvgIpc) is 2.80. The fourth-order valence-electron chi connectivity index (χ4n) is 2.25. The molecule has 2 heterocycles. The molecule has 1 N–H and O–H groups in total. The molecule has 0 spiro atoms. The zero-order valence-electron chi connectivity index (χ0n) is 12.1. The number of imidazole rings is 1. The van der Waals surface area contributed by atoms with Crippen LogP contribution in [0.1, 0.15) is 18.9 Å². The summed E-state index contributed by atoms with van der Waals surface area (Å²) < 4.78 is 8.18. The van der Waals surface area contributed by atoms with Gasteiger partial charge in [-0.25, -0.2) is 4.98 Å². The van der Waals surface area contributed by atoms with Crippen LogP contribution in [-0.4, -0.2) is 21.1 Å². The molecule has 5 heteroatoms. The zero-order valence-corrected chi connectivity index (χ0v) is 12.9. The van der Waals surface area contributed by atoms with Gasteiger partial charge in [-0.15, -0.1) is 0 Å². The molecule has 0 aliphatic heterocycles. The summed E-state index contributed by atoms with van der Waals surface area (Å²) in [6.07, 6.45) is 2.85. The van der Waals surface area contributed by atoms with E-state index in [0.29, 0.717) is 4.77 Å². The molecular formula is C16H17N3OS. The predicted octanol–water partition coefficient (Wildman–Crippen LogP) is 4.18. The summed E-state index contributed by atoms with van der Waals surface area (Å²) in [5.74, 6) is 0.871. The molecule has 108 valence electrons. The Balaban J connectivity index is 2.04. The van der Waals surface area contributed by atoms with E-state index in [9.17, 15) is 0 Å². The fraction of sp³-hybridized carbons (Fsp3) is 0.250. The molecule has 0 aliphatic carbocycles. The first kappa shape index (κ1) is 13.8. The Labute approximate surface area is 128 Å². The van der Waals surface area contributed by atoms with Crippen LogP contribution in [0.15, 0.2) is 36.5 Å². The van der Waals surface area contributed by atoms with Gasteiger partial charge in [0.1, 0.15) is 5.75 Å². The van der Waals surface area contributed by atoms with E-state index in [1.165, 1.54) is 0 Å². The van der Waals surface area contributed by atoms with Crippen LogP contribution >= 0.6 is 12.2 Å². The number of hydrogen-bond acceptors (Lipinski definition) is 3. The smallest absolute Gasteiger partial charge is 0.183 e. The first-order valence-corrected chi connectivity index (χ1v) is 7.40. The van der Waals surface area contributed by atoms with Crippen LogP contribution in [0.5, 0.6) is 5.75 Å². The maximum atomic E-state index is 5.60. The number of rotatable bonds is 4. The van der Waals surface area contributed by atoms with E-state index >= 15 is 0 Å². The van der Waals surface area contributed by atoms with E-state index < -0.39 is 0 Å². The van der Waals surface area contributed by atoms with Gasteiger partial charge in [-0.1, -0.05) is 6.92 Å². The van der Waals surface area contributed by atoms with Crippen molar-refractivity contribution in [1.29, 1.82) is 0 Å². The van der Waals surface area contributed by atoms with Gasteiger partial charge in [-0.3, -0.25) is 4.57 Å². The molecule has 21 heavy (non-hydrogen) atoms. The third kappa shape index (κ3) is 2.69. The quantitative estimate of drug-likeness (QED) is 0.735. The summed E-state index contributed by atoms with van der Waals surface area (Å²) in [5, 5.41) is 0. The maximum Gasteiger partial charge on any atom is 0.183 e. The van der Waals surface area contributed by atoms with Gasteiger partial charge in [-0.05, 0) is 61.5 Å². The lowest BCUT2D eigenvalue weighted by molar-refractivity contribution is 0.317. The number of H-pyrrole nitrogens is 1. The van der Waals surface area contributed by atoms with Crippen molar-refractivity contribution in [2.75, 3.05) is 6.61 Å². The van der Waals surface area contributed by atoms with Crippen LogP contribution < -0.4 is 4.74 Å². The van der Waals surface area contributed by atoms with Crippen molar-refractivity contribution in [3.63, 3.8) is 0 Å². The number of benzene rings is 1. The lowest BCUT2D eigenvalue weighted by Gasteiger charge is -2.07. The van der Waals surface area contributed by atoms with Crippen molar-refractivity contribution in [2.45, 2.75) is 20.3 Å². The van der Waals surface area contributed by atoms with Crippen molar-refractivity contribution in [1.82, 2.24) is 14.5 Å². The first-order chi connectivity index (χ1) is 10.2. The second-order valence-electron chi connectivity index (χ2n) is 4.99. The number of aromatic nitrogens is 3. The standard InChI is InChI=1S/C16H17N3OS/c1-3-8-20-13-6-4-12(5-7-13)19-15-14(18-16(19)21)9-11(2)10-17-15/h4-7,9-10H,3,8H2,1-2H3,(H,18,21). The zero-order chi connectivity index (χ0) is 14.8. The van der Waals surface area contributed by atoms with E-state index in [4.69, 9.17) is 17.0 Å². The number of aromatic amines is 1. The summed E-state index contributed by atoms with van der Waals surface area (Å²) >= 11 is 5.42. The molecule has 0 bridgehead atoms. The Kier molecular flexibility index (Phi) is 3.75. The molecule has 0 atom stereocenters. The minimum absolute atomic E-state index is 0.644. The Bertz CT molecular complexity index is 818. The third-order valence-electron chi connectivity index (χ3n) is 3.23. The highest BCUT2D eigenvalue weighted by atomic mass is 32.1. The molecule has 0 unspecified atom stereocenters. The molecule has 0 saturated carbocycles. The van der Waals surface area contributed by atoms with Gasteiger partial charge in [-0.2, -0.15) is 0 Å². The van der Waals surface area contributed by atoms with Crippen LogP contribution in [0, 0.1) is 11.7 Å². The molecule has 1 aromatic carbocycles. The molecule has 4 nitrogen and oxygen atoms in total. The minimum atomic E-state index is 0.644. The van der Waals surface area contributed by atoms with Gasteiger partial charge in [0.2, 0.25) is 0 Å². The summed E-state index contributed by atoms with van der Waals surface area (Å²) in [4.78, 5) is 7.68. The van der Waals surface area contributed by atoms with Crippen LogP contribution in [0.25, 0.3) is 16.9 Å². The summed E-state index contributed by atoms with van der Waals surface area (Å²) in [7, 11) is 0. The Morgan fingerprint density at radius 1 is 1.29 bits per heavy atom. The second-order valence-corrected chi connectivity index (χ2v) is 5.38. The van der Waals surface area contributed by atoms with E-state index in [0.717, 1.165) is 41.2 Å². The van der Waals surface area contributed by atoms with E-state index in [2.05, 4.69) is 16.9 Å². The highest BCUT2D eigenvalue weighted by molar-refractivity contribution is 7.71. The molecule has 0 amide bonds. The number of nitrogens with one attached hydrogen (secondary N) is 1. The lowest BCUT2D eigenvalue weighted by atomic mass is 10.3. The molecular weight excluding hydrogens is 282 g/mol. The molecule has 0 saturated heterocycles. The lowest BCUT2D eigenvalue weighted by Crippen LogP contribution is -1.97. The van der Waals surface area contributed by atoms with Crippen molar-refractivity contribution >= 4 is 23.4 Å². The molecule has 2 aromatic heterocycles. The fourth-order valence-corrected chi connectivity index (χ4v) is 2.55. The number of hydrogen-bond donors (Lipinski definition) is 1. The Hall–Kier alpha value is -2.14. The average molecular weight is 299 g/mol. The van der Waals surface area contributed by atoms with Gasteiger partial charge in [0.15, 0.2) is 10.4 Å². The largest absolute Gasteiger partial charge is 0.494 e. The first-order valence-electron chi connectivity index (χ1n) is 6.99. The highest BCUT2D eigenvalue weighted by Crippen LogP contribution is 2.21. The second kappa shape index (κ2) is 5.69.